The number of pyridine rings is 2. The van der Waals surface area contributed by atoms with Crippen molar-refractivity contribution in [2.75, 3.05) is 130 Å². The maximum atomic E-state index is 14.5. The fraction of sp³-hybridized carbons (Fsp3) is 0.559. The number of carbonyl (C=O) groups is 5. The van der Waals surface area contributed by atoms with Crippen molar-refractivity contribution in [1.29, 1.82) is 0 Å². The lowest BCUT2D eigenvalue weighted by molar-refractivity contribution is -0.172. The van der Waals surface area contributed by atoms with Crippen LogP contribution in [-0.2, 0) is 108 Å². The molecule has 5 N–H and O–H groups in total. The minimum absolute atomic E-state index is 0.00420. The van der Waals surface area contributed by atoms with E-state index < -0.39 is 62.9 Å². The summed E-state index contributed by atoms with van der Waals surface area (Å²) in [5.74, 6) is -3.20. The van der Waals surface area contributed by atoms with Gasteiger partial charge in [-0.05, 0) is 54.7 Å². The Morgan fingerprint density at radius 1 is 0.750 bits per heavy atom. The molecule has 26 nitrogen and oxygen atoms in total. The second-order valence-electron chi connectivity index (χ2n) is 21.3. The Morgan fingerprint density at radius 3 is 1.94 bits per heavy atom. The van der Waals surface area contributed by atoms with Crippen molar-refractivity contribution in [2.45, 2.75) is 88.6 Å². The third-order valence-corrected chi connectivity index (χ3v) is 17.3. The highest BCUT2D eigenvalue weighted by molar-refractivity contribution is 7.92. The highest BCUT2D eigenvalue weighted by Gasteiger charge is 2.46. The molecule has 29 heteroatoms. The van der Waals surface area contributed by atoms with E-state index in [1.807, 2.05) is 0 Å². The molecule has 0 fully saturated rings. The minimum Gasteiger partial charge on any atom is -0.490 e. The van der Waals surface area contributed by atoms with E-state index in [2.05, 4.69) is 26.3 Å². The molecule has 3 aromatic heterocycles. The highest BCUT2D eigenvalue weighted by Crippen LogP contribution is 2.45. The number of thiazole rings is 1. The van der Waals surface area contributed by atoms with Crippen molar-refractivity contribution in [3.63, 3.8) is 0 Å². The van der Waals surface area contributed by atoms with Gasteiger partial charge in [-0.1, -0.05) is 20.8 Å². The number of rotatable bonds is 37. The number of hydrogen-bond acceptors (Lipinski definition) is 22. The monoisotopic (exact) mass is 1270 g/mol. The van der Waals surface area contributed by atoms with Crippen molar-refractivity contribution < 1.29 is 89.3 Å². The second-order valence-corrected chi connectivity index (χ2v) is 24.5. The molecule has 0 unspecified atom stereocenters. The SMILES string of the molecule is CC[C@@]1(O)C(=O)OCc2c1cc1n(c2=O)Cc2c-1nc1ccc(NC(=O)[C@H](C)NC(=O)[C@@H](NC(=O)CCOCCOCCOCCOCCOCCOCCOCCOCCNC(=O)Cc3cc4sc(S(C)(=O)=O)nc4cc3F)C(C)C)c3c1c2CCO3. The van der Waals surface area contributed by atoms with Gasteiger partial charge in [0.05, 0.1) is 164 Å². The number of cyclic esters (lactones) is 1. The Kier molecular flexibility index (Phi) is 24.2. The average Bonchev–Trinajstić information content (AvgIpc) is 1.50. The van der Waals surface area contributed by atoms with Crippen LogP contribution in [0.4, 0.5) is 10.1 Å². The number of aliphatic hydroxyl groups is 1. The first-order chi connectivity index (χ1) is 42.3. The molecule has 480 valence electrons. The molecule has 4 amide bonds. The number of sulfone groups is 1. The van der Waals surface area contributed by atoms with Crippen LogP contribution in [0.5, 0.6) is 5.75 Å². The Bertz CT molecular complexity index is 3490. The summed E-state index contributed by atoms with van der Waals surface area (Å²) in [5, 5.41) is 23.0. The normalized spacial score (nSPS) is 15.8. The van der Waals surface area contributed by atoms with Crippen LogP contribution in [0, 0.1) is 11.7 Å². The standard InChI is InChI=1S/C59H76FN7O19S2/c1-6-59(74)41-31-46-52-39(33-67(46)56(72)40(41)34-86-57(59)73)38-9-13-85-53-44(8-7-43(63-52)50(38)53)64-54(70)36(4)62-55(71)51(35(2)3)66-48(68)10-12-77-15-17-79-19-21-81-23-25-83-27-28-84-26-24-82-22-20-80-18-16-78-14-11-61-49(69)30-37-29-47-45(32-42(37)60)65-58(87-47)88(5,75)76/h7-8,29,31-32,35-36,51,74H,6,9-28,30,33-34H2,1-5H3,(H,61,69)(H,62,71)(H,64,70)(H,66,68)/t36-,51-,59-/m0/s1. The molecule has 88 heavy (non-hydrogen) atoms. The summed E-state index contributed by atoms with van der Waals surface area (Å²) in [6.45, 7) is 12.5. The number of amides is 4. The molecule has 3 aliphatic rings. The average molecular weight is 1270 g/mol. The topological polar surface area (TPSA) is 328 Å². The van der Waals surface area contributed by atoms with Crippen LogP contribution in [0.1, 0.15) is 68.4 Å². The largest absolute Gasteiger partial charge is 0.490 e. The summed E-state index contributed by atoms with van der Waals surface area (Å²) in [6, 6.07) is 5.70. The third kappa shape index (κ3) is 17.2. The van der Waals surface area contributed by atoms with E-state index in [0.717, 1.165) is 34.8 Å². The smallest absolute Gasteiger partial charge is 0.343 e. The number of nitrogens with one attached hydrogen (secondary N) is 4. The number of anilines is 1. The van der Waals surface area contributed by atoms with Crippen LogP contribution in [-0.4, -0.2) is 195 Å². The van der Waals surface area contributed by atoms with Crippen molar-refractivity contribution >= 4 is 77.6 Å². The molecule has 5 aromatic rings. The molecule has 0 aliphatic carbocycles. The van der Waals surface area contributed by atoms with Gasteiger partial charge in [-0.3, -0.25) is 24.0 Å². The zero-order chi connectivity index (χ0) is 63.0. The Morgan fingerprint density at radius 2 is 1.35 bits per heavy atom. The maximum absolute atomic E-state index is 14.5. The Balaban J connectivity index is 0.601. The molecule has 0 saturated carbocycles. The number of carbonyl (C=O) groups excluding carboxylic acids is 5. The first kappa shape index (κ1) is 67.3. The van der Waals surface area contributed by atoms with Gasteiger partial charge in [0.15, 0.2) is 11.4 Å². The fourth-order valence-corrected chi connectivity index (χ4v) is 11.9. The Hall–Kier alpha value is -6.64. The van der Waals surface area contributed by atoms with Crippen molar-refractivity contribution in [3.05, 3.63) is 74.3 Å². The van der Waals surface area contributed by atoms with E-state index in [1.165, 1.54) is 13.0 Å². The van der Waals surface area contributed by atoms with Crippen LogP contribution >= 0.6 is 11.3 Å². The zero-order valence-electron chi connectivity index (χ0n) is 49.9. The number of esters is 1. The lowest BCUT2D eigenvalue weighted by atomic mass is 9.86. The van der Waals surface area contributed by atoms with Gasteiger partial charge in [-0.15, -0.1) is 11.3 Å². The predicted molar refractivity (Wildman–Crippen MR) is 317 cm³/mol. The summed E-state index contributed by atoms with van der Waals surface area (Å²) < 4.78 is 95.4. The van der Waals surface area contributed by atoms with Gasteiger partial charge in [0, 0.05) is 48.2 Å². The number of halogens is 1. The molecule has 0 spiro atoms. The van der Waals surface area contributed by atoms with Crippen LogP contribution < -0.4 is 31.6 Å². The molecular formula is C59H76FN7O19S2. The van der Waals surface area contributed by atoms with Crippen LogP contribution in [0.2, 0.25) is 0 Å². The number of nitrogens with zero attached hydrogens (tertiary/aromatic N) is 3. The summed E-state index contributed by atoms with van der Waals surface area (Å²) in [5.41, 5.74) is 2.19. The summed E-state index contributed by atoms with van der Waals surface area (Å²) in [6.07, 6.45) is 1.34. The van der Waals surface area contributed by atoms with Crippen molar-refractivity contribution in [2.24, 2.45) is 5.92 Å². The first-order valence-electron chi connectivity index (χ1n) is 29.2. The highest BCUT2D eigenvalue weighted by atomic mass is 32.2. The lowest BCUT2D eigenvalue weighted by Crippen LogP contribution is -2.53. The fourth-order valence-electron chi connectivity index (χ4n) is 9.97. The van der Waals surface area contributed by atoms with E-state index in [0.29, 0.717) is 124 Å². The maximum Gasteiger partial charge on any atom is 0.343 e. The number of aromatic nitrogens is 3. The molecule has 8 rings (SSSR count). The minimum atomic E-state index is -3.53. The lowest BCUT2D eigenvalue weighted by Gasteiger charge is -2.31. The third-order valence-electron chi connectivity index (χ3n) is 14.6. The predicted octanol–water partition coefficient (Wildman–Crippen LogP) is 2.63. The van der Waals surface area contributed by atoms with Gasteiger partial charge in [0.25, 0.3) is 5.56 Å². The molecule has 0 bridgehead atoms. The Labute approximate surface area is 511 Å². The molecule has 3 atom stereocenters. The summed E-state index contributed by atoms with van der Waals surface area (Å²) >= 11 is 0.927. The van der Waals surface area contributed by atoms with Gasteiger partial charge in [0.1, 0.15) is 24.5 Å². The van der Waals surface area contributed by atoms with Gasteiger partial charge >= 0.3 is 5.97 Å². The number of hydrogen-bond donors (Lipinski definition) is 5. The number of fused-ring (bicyclic) bond motifs is 6. The molecule has 6 heterocycles. The quantitative estimate of drug-likeness (QED) is 0.0276. The van der Waals surface area contributed by atoms with Crippen LogP contribution in [0.3, 0.4) is 0 Å². The number of ether oxygens (including phenoxy) is 10. The van der Waals surface area contributed by atoms with E-state index in [4.69, 9.17) is 52.4 Å². The van der Waals surface area contributed by atoms with Crippen LogP contribution in [0.25, 0.3) is 32.5 Å². The number of benzene rings is 2. The van der Waals surface area contributed by atoms with Gasteiger partial charge < -0.3 is 78.3 Å². The first-order valence-corrected chi connectivity index (χ1v) is 31.9. The van der Waals surface area contributed by atoms with E-state index in [-0.39, 0.29) is 110 Å². The van der Waals surface area contributed by atoms with Crippen LogP contribution in [0.15, 0.2) is 39.5 Å². The summed E-state index contributed by atoms with van der Waals surface area (Å²) in [4.78, 5) is 87.6. The molecule has 3 aliphatic heterocycles. The van der Waals surface area contributed by atoms with Gasteiger partial charge in [-0.2, -0.15) is 0 Å². The van der Waals surface area contributed by atoms with Gasteiger partial charge in [0.2, 0.25) is 37.8 Å². The van der Waals surface area contributed by atoms with E-state index >= 15 is 0 Å². The van der Waals surface area contributed by atoms with Crippen molar-refractivity contribution in [3.8, 4) is 17.1 Å². The van der Waals surface area contributed by atoms with Gasteiger partial charge in [-0.25, -0.2) is 27.6 Å². The molecule has 0 saturated heterocycles. The molecule has 0 radical (unpaired) electrons. The summed E-state index contributed by atoms with van der Waals surface area (Å²) in [7, 11) is -3.53. The van der Waals surface area contributed by atoms with E-state index in [1.54, 1.807) is 43.5 Å². The molecule has 2 aromatic carbocycles. The second kappa shape index (κ2) is 31.7. The van der Waals surface area contributed by atoms with Crippen molar-refractivity contribution in [1.82, 2.24) is 30.5 Å². The van der Waals surface area contributed by atoms with E-state index in [9.17, 15) is 46.7 Å². The molecular weight excluding hydrogens is 1190 g/mol. The zero-order valence-corrected chi connectivity index (χ0v) is 51.6.